The van der Waals surface area contributed by atoms with E-state index in [0.29, 0.717) is 12.1 Å². The zero-order valence-electron chi connectivity index (χ0n) is 23.5. The lowest BCUT2D eigenvalue weighted by Crippen LogP contribution is -2.54. The number of sulfonamides is 1. The van der Waals surface area contributed by atoms with Crippen molar-refractivity contribution in [3.05, 3.63) is 101 Å². The summed E-state index contributed by atoms with van der Waals surface area (Å²) in [5.74, 6) is -0.645. The van der Waals surface area contributed by atoms with Crippen molar-refractivity contribution >= 4 is 27.5 Å². The number of carbonyl (C=O) groups is 2. The van der Waals surface area contributed by atoms with Crippen molar-refractivity contribution in [3.8, 4) is 0 Å². The summed E-state index contributed by atoms with van der Waals surface area (Å²) in [4.78, 5) is 29.6. The van der Waals surface area contributed by atoms with E-state index in [4.69, 9.17) is 0 Å². The van der Waals surface area contributed by atoms with Crippen LogP contribution in [0.25, 0.3) is 0 Å². The number of nitrogens with zero attached hydrogens (tertiary/aromatic N) is 2. The first-order valence-electron chi connectivity index (χ1n) is 13.8. The average Bonchev–Trinajstić information content (AvgIpc) is 3.42. The van der Waals surface area contributed by atoms with Crippen LogP contribution in [0.2, 0.25) is 0 Å². The summed E-state index contributed by atoms with van der Waals surface area (Å²) in [5, 5.41) is 3.19. The van der Waals surface area contributed by atoms with Gasteiger partial charge in [0.25, 0.3) is 0 Å². The molecule has 0 bridgehead atoms. The van der Waals surface area contributed by atoms with Crippen LogP contribution in [0.15, 0.2) is 78.9 Å². The Morgan fingerprint density at radius 3 is 1.98 bits per heavy atom. The van der Waals surface area contributed by atoms with Crippen LogP contribution in [0.4, 0.5) is 5.69 Å². The zero-order valence-corrected chi connectivity index (χ0v) is 24.4. The monoisotopic (exact) mass is 561 g/mol. The van der Waals surface area contributed by atoms with E-state index in [2.05, 4.69) is 5.32 Å². The second-order valence-corrected chi connectivity index (χ2v) is 12.7. The van der Waals surface area contributed by atoms with Gasteiger partial charge >= 0.3 is 0 Å². The first-order valence-corrected chi connectivity index (χ1v) is 15.7. The molecule has 0 saturated heterocycles. The fourth-order valence-corrected chi connectivity index (χ4v) is 6.24. The van der Waals surface area contributed by atoms with Crippen LogP contribution < -0.4 is 9.62 Å². The van der Waals surface area contributed by atoms with Gasteiger partial charge in [-0.3, -0.25) is 13.9 Å². The molecule has 3 aromatic rings. The number of nitrogens with one attached hydrogen (secondary N) is 1. The van der Waals surface area contributed by atoms with E-state index in [1.807, 2.05) is 80.6 Å². The molecule has 1 saturated carbocycles. The van der Waals surface area contributed by atoms with Gasteiger partial charge in [-0.1, -0.05) is 79.6 Å². The van der Waals surface area contributed by atoms with Crippen molar-refractivity contribution < 1.29 is 18.0 Å². The first-order chi connectivity index (χ1) is 19.1. The topological polar surface area (TPSA) is 86.8 Å². The van der Waals surface area contributed by atoms with Crippen LogP contribution in [0.5, 0.6) is 0 Å². The Bertz CT molecular complexity index is 1380. The second-order valence-electron chi connectivity index (χ2n) is 10.8. The number of aryl methyl sites for hydroxylation is 2. The van der Waals surface area contributed by atoms with Gasteiger partial charge in [-0.25, -0.2) is 8.42 Å². The minimum Gasteiger partial charge on any atom is -0.352 e. The third kappa shape index (κ3) is 7.94. The van der Waals surface area contributed by atoms with Gasteiger partial charge in [-0.15, -0.1) is 0 Å². The smallest absolute Gasteiger partial charge is 0.244 e. The molecular formula is C32H39N3O4S. The Hall–Kier alpha value is -3.65. The van der Waals surface area contributed by atoms with Crippen molar-refractivity contribution in [1.29, 1.82) is 0 Å². The highest BCUT2D eigenvalue weighted by atomic mass is 32.2. The van der Waals surface area contributed by atoms with Gasteiger partial charge in [0.05, 0.1) is 11.9 Å². The third-order valence-electron chi connectivity index (χ3n) is 7.34. The standard InChI is InChI=1S/C32H39N3O4S/c1-24-18-25(2)20-29(19-24)35(40(3,38)39)23-31(36)34(22-27-14-8-5-9-15-27)30(21-26-12-6-4-7-13-26)32(37)33-28-16-10-11-17-28/h4-9,12-15,18-20,28,30H,10-11,16-17,21-23H2,1-3H3,(H,33,37). The van der Waals surface area contributed by atoms with E-state index >= 15 is 0 Å². The molecule has 1 N–H and O–H groups in total. The van der Waals surface area contributed by atoms with Crippen LogP contribution in [0.1, 0.15) is 47.9 Å². The molecule has 0 aromatic heterocycles. The summed E-state index contributed by atoms with van der Waals surface area (Å²) < 4.78 is 27.1. The molecule has 8 heteroatoms. The highest BCUT2D eigenvalue weighted by molar-refractivity contribution is 7.92. The van der Waals surface area contributed by atoms with Gasteiger partial charge in [0.1, 0.15) is 12.6 Å². The van der Waals surface area contributed by atoms with E-state index in [1.54, 1.807) is 17.0 Å². The number of rotatable bonds is 11. The van der Waals surface area contributed by atoms with Crippen LogP contribution in [0, 0.1) is 13.8 Å². The first kappa shape index (κ1) is 29.3. The number of hydrogen-bond acceptors (Lipinski definition) is 4. The van der Waals surface area contributed by atoms with Crippen LogP contribution >= 0.6 is 0 Å². The number of anilines is 1. The molecule has 212 valence electrons. The second kappa shape index (κ2) is 13.1. The maximum atomic E-state index is 14.2. The molecule has 4 rings (SSSR count). The molecule has 3 aromatic carbocycles. The molecule has 0 heterocycles. The Morgan fingerprint density at radius 1 is 0.875 bits per heavy atom. The van der Waals surface area contributed by atoms with Crippen LogP contribution in [-0.2, 0) is 32.6 Å². The molecule has 0 spiro atoms. The van der Waals surface area contributed by atoms with E-state index in [-0.39, 0.29) is 18.5 Å². The van der Waals surface area contributed by atoms with Gasteiger partial charge in [-0.2, -0.15) is 0 Å². The summed E-state index contributed by atoms with van der Waals surface area (Å²) >= 11 is 0. The molecule has 7 nitrogen and oxygen atoms in total. The molecule has 40 heavy (non-hydrogen) atoms. The highest BCUT2D eigenvalue weighted by Gasteiger charge is 2.34. The maximum Gasteiger partial charge on any atom is 0.244 e. The fraction of sp³-hybridized carbons (Fsp3) is 0.375. The summed E-state index contributed by atoms with van der Waals surface area (Å²) in [6, 6.07) is 23.9. The minimum atomic E-state index is -3.79. The fourth-order valence-electron chi connectivity index (χ4n) is 5.41. The van der Waals surface area contributed by atoms with E-state index < -0.39 is 28.5 Å². The van der Waals surface area contributed by atoms with Crippen molar-refractivity contribution in [2.24, 2.45) is 0 Å². The number of amides is 2. The van der Waals surface area contributed by atoms with Gasteiger partial charge in [-0.05, 0) is 61.1 Å². The minimum absolute atomic E-state index is 0.0854. The SMILES string of the molecule is Cc1cc(C)cc(N(CC(=O)N(Cc2ccccc2)C(Cc2ccccc2)C(=O)NC2CCCC2)S(C)(=O)=O)c1. The third-order valence-corrected chi connectivity index (χ3v) is 8.48. The molecule has 1 atom stereocenters. The van der Waals surface area contributed by atoms with Crippen LogP contribution in [0.3, 0.4) is 0 Å². The molecule has 0 radical (unpaired) electrons. The number of carbonyl (C=O) groups excluding carboxylic acids is 2. The Morgan fingerprint density at radius 2 is 1.43 bits per heavy atom. The Labute approximate surface area is 238 Å². The van der Waals surface area contributed by atoms with Gasteiger partial charge in [0.15, 0.2) is 0 Å². The van der Waals surface area contributed by atoms with E-state index in [9.17, 15) is 18.0 Å². The molecule has 0 aliphatic heterocycles. The Kier molecular flexibility index (Phi) is 9.63. The van der Waals surface area contributed by atoms with E-state index in [0.717, 1.165) is 58.5 Å². The molecule has 1 aliphatic carbocycles. The summed E-state index contributed by atoms with van der Waals surface area (Å²) in [6.45, 7) is 3.56. The maximum absolute atomic E-state index is 14.2. The van der Waals surface area contributed by atoms with Crippen molar-refractivity contribution in [3.63, 3.8) is 0 Å². The predicted molar refractivity (Wildman–Crippen MR) is 159 cm³/mol. The van der Waals surface area contributed by atoms with Gasteiger partial charge in [0, 0.05) is 19.0 Å². The molecule has 1 aliphatic rings. The van der Waals surface area contributed by atoms with Crippen molar-refractivity contribution in [2.45, 2.75) is 64.6 Å². The summed E-state index contributed by atoms with van der Waals surface area (Å²) in [7, 11) is -3.79. The highest BCUT2D eigenvalue weighted by Crippen LogP contribution is 2.24. The summed E-state index contributed by atoms with van der Waals surface area (Å²) in [6.07, 6.45) is 5.41. The summed E-state index contributed by atoms with van der Waals surface area (Å²) in [5.41, 5.74) is 4.02. The normalized spacial score (nSPS) is 14.5. The number of benzene rings is 3. The van der Waals surface area contributed by atoms with Crippen molar-refractivity contribution in [1.82, 2.24) is 10.2 Å². The lowest BCUT2D eigenvalue weighted by molar-refractivity contribution is -0.140. The quantitative estimate of drug-likeness (QED) is 0.366. The van der Waals surface area contributed by atoms with E-state index in [1.165, 1.54) is 0 Å². The zero-order chi connectivity index (χ0) is 28.7. The number of hydrogen-bond donors (Lipinski definition) is 1. The molecular weight excluding hydrogens is 522 g/mol. The molecule has 2 amide bonds. The molecule has 1 fully saturated rings. The van der Waals surface area contributed by atoms with Crippen LogP contribution in [-0.4, -0.2) is 50.0 Å². The van der Waals surface area contributed by atoms with Gasteiger partial charge < -0.3 is 10.2 Å². The average molecular weight is 562 g/mol. The molecule has 1 unspecified atom stereocenters. The van der Waals surface area contributed by atoms with Crippen molar-refractivity contribution in [2.75, 3.05) is 17.1 Å². The Balaban J connectivity index is 1.72. The van der Waals surface area contributed by atoms with Gasteiger partial charge in [0.2, 0.25) is 21.8 Å². The predicted octanol–water partition coefficient (Wildman–Crippen LogP) is 4.77. The lowest BCUT2D eigenvalue weighted by atomic mass is 10.0. The largest absolute Gasteiger partial charge is 0.352 e. The lowest BCUT2D eigenvalue weighted by Gasteiger charge is -2.34.